The van der Waals surface area contributed by atoms with Crippen molar-refractivity contribution in [2.24, 2.45) is 0 Å². The summed E-state index contributed by atoms with van der Waals surface area (Å²) < 4.78 is 64.9. The van der Waals surface area contributed by atoms with Crippen LogP contribution in [0.5, 0.6) is 0 Å². The monoisotopic (exact) mass is 517 g/mol. The fourth-order valence-corrected chi connectivity index (χ4v) is 5.12. The summed E-state index contributed by atoms with van der Waals surface area (Å²) in [4.78, 5) is 16.2. The quantitative estimate of drug-likeness (QED) is 0.540. The van der Waals surface area contributed by atoms with E-state index in [9.17, 15) is 26.4 Å². The van der Waals surface area contributed by atoms with Crippen molar-refractivity contribution in [3.8, 4) is 0 Å². The molecule has 186 valence electrons. The van der Waals surface area contributed by atoms with Crippen LogP contribution >= 0.6 is 11.6 Å². The summed E-state index contributed by atoms with van der Waals surface area (Å²) in [5.74, 6) is -0.111. The van der Waals surface area contributed by atoms with Gasteiger partial charge in [-0.25, -0.2) is 8.42 Å². The number of anilines is 2. The summed E-state index contributed by atoms with van der Waals surface area (Å²) in [5.41, 5.74) is 1.01. The van der Waals surface area contributed by atoms with Crippen LogP contribution in [0.25, 0.3) is 0 Å². The summed E-state index contributed by atoms with van der Waals surface area (Å²) in [6, 6.07) is 10.2. The maximum absolute atomic E-state index is 13.0. The molecule has 3 rings (SSSR count). The number of nitrogens with zero attached hydrogens (tertiary/aromatic N) is 3. The Morgan fingerprint density at radius 2 is 1.76 bits per heavy atom. The standard InChI is InChI=1S/C23H27ClF3N3O3S/c1-17-8-9-19(24)16-21(17)30(34(2,32)33)10-4-7-22(31)29-13-11-28(12-14-29)20-6-3-5-18(15-20)23(25,26)27/h3,5-6,8-9,15-16H,4,7,10-14H2,1-2H3. The Kier molecular flexibility index (Phi) is 8.02. The van der Waals surface area contributed by atoms with Crippen molar-refractivity contribution in [2.75, 3.05) is 48.2 Å². The minimum Gasteiger partial charge on any atom is -0.368 e. The van der Waals surface area contributed by atoms with Gasteiger partial charge >= 0.3 is 6.18 Å². The second-order valence-electron chi connectivity index (χ2n) is 8.29. The molecule has 1 amide bonds. The molecule has 0 saturated carbocycles. The predicted molar refractivity (Wildman–Crippen MR) is 128 cm³/mol. The Bertz CT molecular complexity index is 1130. The first-order valence-electron chi connectivity index (χ1n) is 10.8. The lowest BCUT2D eigenvalue weighted by atomic mass is 10.1. The van der Waals surface area contributed by atoms with E-state index in [0.29, 0.717) is 49.0 Å². The molecule has 0 radical (unpaired) electrons. The highest BCUT2D eigenvalue weighted by molar-refractivity contribution is 7.92. The number of aryl methyl sites for hydroxylation is 1. The number of amides is 1. The number of piperazine rings is 1. The first-order valence-corrected chi connectivity index (χ1v) is 13.0. The van der Waals surface area contributed by atoms with Gasteiger partial charge in [-0.05, 0) is 49.2 Å². The van der Waals surface area contributed by atoms with Crippen LogP contribution < -0.4 is 9.21 Å². The number of hydrogen-bond donors (Lipinski definition) is 0. The molecule has 34 heavy (non-hydrogen) atoms. The van der Waals surface area contributed by atoms with E-state index < -0.39 is 21.8 Å². The van der Waals surface area contributed by atoms with Crippen LogP contribution in [0.2, 0.25) is 5.02 Å². The smallest absolute Gasteiger partial charge is 0.368 e. The third-order valence-electron chi connectivity index (χ3n) is 5.76. The van der Waals surface area contributed by atoms with E-state index in [2.05, 4.69) is 0 Å². The number of rotatable bonds is 7. The van der Waals surface area contributed by atoms with Crippen LogP contribution in [0.3, 0.4) is 0 Å². The van der Waals surface area contributed by atoms with Gasteiger partial charge in [0.1, 0.15) is 0 Å². The lowest BCUT2D eigenvalue weighted by Crippen LogP contribution is -2.49. The molecule has 1 heterocycles. The first kappa shape index (κ1) is 26.2. The Morgan fingerprint density at radius 1 is 1.09 bits per heavy atom. The maximum Gasteiger partial charge on any atom is 0.416 e. The predicted octanol–water partition coefficient (Wildman–Crippen LogP) is 4.56. The first-order chi connectivity index (χ1) is 15.9. The SMILES string of the molecule is Cc1ccc(Cl)cc1N(CCCC(=O)N1CCN(c2cccc(C(F)(F)F)c2)CC1)S(C)(=O)=O. The molecule has 2 aromatic carbocycles. The van der Waals surface area contributed by atoms with Crippen molar-refractivity contribution >= 4 is 38.9 Å². The highest BCUT2D eigenvalue weighted by Crippen LogP contribution is 2.32. The van der Waals surface area contributed by atoms with Crippen molar-refractivity contribution in [1.29, 1.82) is 0 Å². The normalized spacial score (nSPS) is 14.9. The molecule has 0 N–H and O–H groups in total. The third kappa shape index (κ3) is 6.56. The molecule has 0 aromatic heterocycles. The molecule has 0 spiro atoms. The highest BCUT2D eigenvalue weighted by Gasteiger charge is 2.31. The van der Waals surface area contributed by atoms with Crippen LogP contribution in [0.4, 0.5) is 24.5 Å². The molecule has 0 aliphatic carbocycles. The molecule has 1 fully saturated rings. The van der Waals surface area contributed by atoms with Crippen molar-refractivity contribution < 1.29 is 26.4 Å². The van der Waals surface area contributed by atoms with Crippen LogP contribution in [-0.4, -0.2) is 58.2 Å². The molecular weight excluding hydrogens is 491 g/mol. The van der Waals surface area contributed by atoms with E-state index in [0.717, 1.165) is 24.0 Å². The Balaban J connectivity index is 1.55. The largest absolute Gasteiger partial charge is 0.416 e. The molecule has 1 aliphatic heterocycles. The van der Waals surface area contributed by atoms with Gasteiger partial charge in [-0.2, -0.15) is 13.2 Å². The summed E-state index contributed by atoms with van der Waals surface area (Å²) in [7, 11) is -3.57. The number of halogens is 4. The van der Waals surface area contributed by atoms with Gasteiger partial charge in [0.25, 0.3) is 0 Å². The fraction of sp³-hybridized carbons (Fsp3) is 0.435. The van der Waals surface area contributed by atoms with E-state index in [1.165, 1.54) is 10.4 Å². The molecule has 0 bridgehead atoms. The summed E-state index contributed by atoms with van der Waals surface area (Å²) in [5, 5.41) is 0.420. The zero-order chi connectivity index (χ0) is 25.1. The second-order valence-corrected chi connectivity index (χ2v) is 10.6. The minimum absolute atomic E-state index is 0.111. The van der Waals surface area contributed by atoms with E-state index in [4.69, 9.17) is 11.6 Å². The van der Waals surface area contributed by atoms with Gasteiger partial charge in [0.05, 0.1) is 17.5 Å². The Hall–Kier alpha value is -2.46. The summed E-state index contributed by atoms with van der Waals surface area (Å²) in [6.45, 7) is 3.54. The number of sulfonamides is 1. The van der Waals surface area contributed by atoms with Gasteiger partial charge in [0.15, 0.2) is 0 Å². The maximum atomic E-state index is 13.0. The van der Waals surface area contributed by atoms with Gasteiger partial charge in [0.2, 0.25) is 15.9 Å². The van der Waals surface area contributed by atoms with Crippen LogP contribution in [0.1, 0.15) is 24.0 Å². The fourth-order valence-electron chi connectivity index (χ4n) is 3.94. The van der Waals surface area contributed by atoms with Gasteiger partial charge in [-0.1, -0.05) is 23.7 Å². The van der Waals surface area contributed by atoms with Crippen molar-refractivity contribution in [3.63, 3.8) is 0 Å². The average Bonchev–Trinajstić information content (AvgIpc) is 2.77. The van der Waals surface area contributed by atoms with E-state index in [1.54, 1.807) is 36.1 Å². The topological polar surface area (TPSA) is 60.9 Å². The van der Waals surface area contributed by atoms with Crippen LogP contribution in [0, 0.1) is 6.92 Å². The van der Waals surface area contributed by atoms with Gasteiger partial charge in [-0.15, -0.1) is 0 Å². The third-order valence-corrected chi connectivity index (χ3v) is 7.18. The van der Waals surface area contributed by atoms with Gasteiger partial charge < -0.3 is 9.80 Å². The second kappa shape index (κ2) is 10.4. The lowest BCUT2D eigenvalue weighted by molar-refractivity contribution is -0.137. The molecule has 6 nitrogen and oxygen atoms in total. The molecule has 1 saturated heterocycles. The zero-order valence-electron chi connectivity index (χ0n) is 19.0. The molecule has 2 aromatic rings. The number of carbonyl (C=O) groups excluding carboxylic acids is 1. The molecule has 11 heteroatoms. The van der Waals surface area contributed by atoms with Gasteiger partial charge in [0, 0.05) is 49.9 Å². The van der Waals surface area contributed by atoms with Crippen molar-refractivity contribution in [1.82, 2.24) is 4.90 Å². The zero-order valence-corrected chi connectivity index (χ0v) is 20.6. The van der Waals surface area contributed by atoms with Crippen LogP contribution in [0.15, 0.2) is 42.5 Å². The molecular formula is C23H27ClF3N3O3S. The summed E-state index contributed by atoms with van der Waals surface area (Å²) in [6.07, 6.45) is -2.81. The Morgan fingerprint density at radius 3 is 2.38 bits per heavy atom. The Labute approximate surface area is 202 Å². The number of alkyl halides is 3. The number of hydrogen-bond acceptors (Lipinski definition) is 4. The van der Waals surface area contributed by atoms with Crippen molar-refractivity contribution in [2.45, 2.75) is 25.9 Å². The van der Waals surface area contributed by atoms with Gasteiger partial charge in [-0.3, -0.25) is 9.10 Å². The lowest BCUT2D eigenvalue weighted by Gasteiger charge is -2.36. The molecule has 1 aliphatic rings. The van der Waals surface area contributed by atoms with E-state index >= 15 is 0 Å². The van der Waals surface area contributed by atoms with E-state index in [1.807, 2.05) is 4.90 Å². The molecule has 0 atom stereocenters. The number of carbonyl (C=O) groups is 1. The van der Waals surface area contributed by atoms with Crippen LogP contribution in [-0.2, 0) is 21.0 Å². The van der Waals surface area contributed by atoms with E-state index in [-0.39, 0.29) is 18.9 Å². The summed E-state index contributed by atoms with van der Waals surface area (Å²) >= 11 is 6.04. The number of benzene rings is 2. The minimum atomic E-state index is -4.41. The highest BCUT2D eigenvalue weighted by atomic mass is 35.5. The van der Waals surface area contributed by atoms with Crippen molar-refractivity contribution in [3.05, 3.63) is 58.6 Å². The average molecular weight is 518 g/mol. The molecule has 0 unspecified atom stereocenters.